The molecule has 2 N–H and O–H groups in total. The van der Waals surface area contributed by atoms with E-state index in [2.05, 4.69) is 0 Å². The van der Waals surface area contributed by atoms with E-state index < -0.39 is 7.60 Å². The lowest BCUT2D eigenvalue weighted by molar-refractivity contribution is 0.385. The molecule has 0 amide bonds. The number of hydrogen-bond donors (Lipinski definition) is 2. The van der Waals surface area contributed by atoms with Gasteiger partial charge in [-0.05, 0) is 12.1 Å². The molecule has 0 bridgehead atoms. The molecule has 0 saturated heterocycles. The molecule has 74 valence electrons. The molecule has 0 aliphatic rings. The van der Waals surface area contributed by atoms with Gasteiger partial charge in [0.25, 0.3) is 0 Å². The Morgan fingerprint density at radius 3 is 2.50 bits per heavy atom. The van der Waals surface area contributed by atoms with E-state index in [0.29, 0.717) is 0 Å². The molecule has 1 aromatic carbocycles. The Morgan fingerprint density at radius 2 is 1.93 bits per heavy atom. The smallest absolute Gasteiger partial charge is 0.337 e. The predicted molar refractivity (Wildman–Crippen MR) is 54.6 cm³/mol. The minimum absolute atomic E-state index is 0.0544. The minimum atomic E-state index is -4.17. The van der Waals surface area contributed by atoms with Gasteiger partial charge in [-0.2, -0.15) is 0 Å². The summed E-state index contributed by atoms with van der Waals surface area (Å²) in [6.07, 6.45) is 0. The third kappa shape index (κ3) is 1.38. The van der Waals surface area contributed by atoms with Crippen molar-refractivity contribution in [2.45, 2.75) is 0 Å². The Balaban J connectivity index is 2.82. The second kappa shape index (κ2) is 2.95. The zero-order valence-corrected chi connectivity index (χ0v) is 8.48. The summed E-state index contributed by atoms with van der Waals surface area (Å²) < 4.78 is 12.6. The Morgan fingerprint density at radius 1 is 1.29 bits per heavy atom. The first-order valence-electron chi connectivity index (χ1n) is 4.11. The Kier molecular flexibility index (Phi) is 2.00. The average molecular weight is 211 g/mol. The molecule has 2 rings (SSSR count). The first-order chi connectivity index (χ1) is 6.50. The second-order valence-electron chi connectivity index (χ2n) is 3.16. The van der Waals surface area contributed by atoms with Crippen LogP contribution in [0.25, 0.3) is 10.9 Å². The molecule has 0 fully saturated rings. The summed E-state index contributed by atoms with van der Waals surface area (Å²) in [6, 6.07) is 8.86. The molecule has 4 nitrogen and oxygen atoms in total. The number of benzene rings is 1. The fourth-order valence-electron chi connectivity index (χ4n) is 1.55. The molecule has 0 aliphatic heterocycles. The molecule has 2 aromatic rings. The van der Waals surface area contributed by atoms with Crippen molar-refractivity contribution >= 4 is 23.9 Å². The highest BCUT2D eigenvalue weighted by atomic mass is 31.2. The molecule has 0 atom stereocenters. The highest BCUT2D eigenvalue weighted by Gasteiger charge is 2.22. The van der Waals surface area contributed by atoms with E-state index in [1.165, 1.54) is 10.6 Å². The third-order valence-corrected chi connectivity index (χ3v) is 3.25. The average Bonchev–Trinajstić information content (AvgIpc) is 2.44. The zero-order chi connectivity index (χ0) is 10.3. The number of rotatable bonds is 1. The quantitative estimate of drug-likeness (QED) is 0.691. The lowest BCUT2D eigenvalue weighted by Gasteiger charge is -2.04. The Hall–Kier alpha value is -1.09. The maximum Gasteiger partial charge on any atom is 0.372 e. The molecule has 14 heavy (non-hydrogen) atoms. The van der Waals surface area contributed by atoms with Crippen molar-refractivity contribution in [3.63, 3.8) is 0 Å². The number of nitrogens with zero attached hydrogens (tertiary/aromatic N) is 1. The van der Waals surface area contributed by atoms with Gasteiger partial charge in [-0.1, -0.05) is 18.2 Å². The van der Waals surface area contributed by atoms with Crippen LogP contribution in [0, 0.1) is 0 Å². The molecule has 0 saturated carbocycles. The van der Waals surface area contributed by atoms with Crippen molar-refractivity contribution < 1.29 is 14.4 Å². The van der Waals surface area contributed by atoms with Crippen LogP contribution >= 0.6 is 7.60 Å². The Bertz CT molecular complexity index is 526. The normalized spacial score (nSPS) is 12.2. The summed E-state index contributed by atoms with van der Waals surface area (Å²) in [5.41, 5.74) is 0.879. The van der Waals surface area contributed by atoms with Gasteiger partial charge in [0.15, 0.2) is 0 Å². The van der Waals surface area contributed by atoms with Crippen LogP contribution in [0.5, 0.6) is 0 Å². The molecule has 1 heterocycles. The van der Waals surface area contributed by atoms with Crippen LogP contribution in [-0.2, 0) is 11.6 Å². The van der Waals surface area contributed by atoms with Crippen molar-refractivity contribution in [1.29, 1.82) is 0 Å². The highest BCUT2D eigenvalue weighted by molar-refractivity contribution is 7.60. The van der Waals surface area contributed by atoms with Gasteiger partial charge in [0.1, 0.15) is 5.44 Å². The van der Waals surface area contributed by atoms with Crippen molar-refractivity contribution in [3.8, 4) is 0 Å². The second-order valence-corrected chi connectivity index (χ2v) is 4.71. The summed E-state index contributed by atoms with van der Waals surface area (Å²) in [5, 5.41) is 0.841. The highest BCUT2D eigenvalue weighted by Crippen LogP contribution is 2.35. The zero-order valence-electron chi connectivity index (χ0n) is 7.58. The summed E-state index contributed by atoms with van der Waals surface area (Å²) in [5.74, 6) is 0. The summed E-state index contributed by atoms with van der Waals surface area (Å²) in [7, 11) is -2.52. The lowest BCUT2D eigenvalue weighted by Crippen LogP contribution is -2.12. The fraction of sp³-hybridized carbons (Fsp3) is 0.111. The van der Waals surface area contributed by atoms with Gasteiger partial charge in [0.05, 0.1) is 0 Å². The van der Waals surface area contributed by atoms with Crippen LogP contribution in [0.2, 0.25) is 0 Å². The maximum atomic E-state index is 11.1. The lowest BCUT2D eigenvalue weighted by atomic mass is 10.2. The van der Waals surface area contributed by atoms with E-state index in [9.17, 15) is 4.57 Å². The van der Waals surface area contributed by atoms with E-state index in [4.69, 9.17) is 9.79 Å². The van der Waals surface area contributed by atoms with Gasteiger partial charge in [0, 0.05) is 18.0 Å². The number of aromatic nitrogens is 1. The van der Waals surface area contributed by atoms with E-state index in [-0.39, 0.29) is 5.44 Å². The molecule has 5 heteroatoms. The van der Waals surface area contributed by atoms with Gasteiger partial charge in [-0.25, -0.2) is 0 Å². The van der Waals surface area contributed by atoms with Crippen LogP contribution in [0.3, 0.4) is 0 Å². The number of aryl methyl sites for hydroxylation is 1. The predicted octanol–water partition coefficient (Wildman–Crippen LogP) is 0.981. The Labute approximate surface area is 80.9 Å². The largest absolute Gasteiger partial charge is 0.372 e. The summed E-state index contributed by atoms with van der Waals surface area (Å²) in [6.45, 7) is 0. The van der Waals surface area contributed by atoms with Crippen molar-refractivity contribution in [3.05, 3.63) is 30.3 Å². The van der Waals surface area contributed by atoms with Crippen LogP contribution in [0.4, 0.5) is 0 Å². The monoisotopic (exact) mass is 211 g/mol. The van der Waals surface area contributed by atoms with E-state index in [1.807, 2.05) is 24.3 Å². The minimum Gasteiger partial charge on any atom is -0.337 e. The van der Waals surface area contributed by atoms with Crippen molar-refractivity contribution in [2.24, 2.45) is 7.05 Å². The molecular formula is C9H10NO3P. The van der Waals surface area contributed by atoms with Gasteiger partial charge in [0.2, 0.25) is 0 Å². The van der Waals surface area contributed by atoms with Gasteiger partial charge >= 0.3 is 7.60 Å². The number of hydrogen-bond acceptors (Lipinski definition) is 1. The molecular weight excluding hydrogens is 201 g/mol. The molecule has 0 spiro atoms. The van der Waals surface area contributed by atoms with Gasteiger partial charge in [-0.3, -0.25) is 4.57 Å². The van der Waals surface area contributed by atoms with Crippen LogP contribution in [0.15, 0.2) is 30.3 Å². The summed E-state index contributed by atoms with van der Waals surface area (Å²) >= 11 is 0. The molecule has 0 radical (unpaired) electrons. The topological polar surface area (TPSA) is 62.5 Å². The first-order valence-corrected chi connectivity index (χ1v) is 5.72. The van der Waals surface area contributed by atoms with Crippen LogP contribution < -0.4 is 5.44 Å². The molecule has 0 aliphatic carbocycles. The standard InChI is InChI=1S/C9H10NO3P/c1-10-8-5-3-2-4-7(8)6-9(10)14(11,12)13/h2-6H,1H3,(H2,11,12,13). The van der Waals surface area contributed by atoms with Gasteiger partial charge < -0.3 is 14.4 Å². The summed E-state index contributed by atoms with van der Waals surface area (Å²) in [4.78, 5) is 18.1. The maximum absolute atomic E-state index is 11.1. The van der Waals surface area contributed by atoms with Crippen molar-refractivity contribution in [1.82, 2.24) is 4.57 Å². The number of fused-ring (bicyclic) bond motifs is 1. The van der Waals surface area contributed by atoms with E-state index >= 15 is 0 Å². The van der Waals surface area contributed by atoms with E-state index in [1.54, 1.807) is 7.05 Å². The van der Waals surface area contributed by atoms with Crippen LogP contribution in [0.1, 0.15) is 0 Å². The molecule has 0 unspecified atom stereocenters. The van der Waals surface area contributed by atoms with Crippen molar-refractivity contribution in [2.75, 3.05) is 0 Å². The van der Waals surface area contributed by atoms with E-state index in [0.717, 1.165) is 10.9 Å². The number of para-hydroxylation sites is 1. The molecule has 1 aromatic heterocycles. The first kappa shape index (κ1) is 9.46. The fourth-order valence-corrected chi connectivity index (χ4v) is 2.36. The van der Waals surface area contributed by atoms with Crippen LogP contribution in [-0.4, -0.2) is 14.4 Å². The van der Waals surface area contributed by atoms with Gasteiger partial charge in [-0.15, -0.1) is 0 Å². The SMILES string of the molecule is Cn1c(P(=O)(O)O)cc2ccccc21. The third-order valence-electron chi connectivity index (χ3n) is 2.22.